The van der Waals surface area contributed by atoms with Crippen LogP contribution in [0.2, 0.25) is 0 Å². The van der Waals surface area contributed by atoms with E-state index in [-0.39, 0.29) is 0 Å². The van der Waals surface area contributed by atoms with Crippen LogP contribution in [0.5, 0.6) is 0 Å². The Morgan fingerprint density at radius 3 is 3.05 bits per heavy atom. The number of hydrogen-bond donors (Lipinski definition) is 3. The van der Waals surface area contributed by atoms with Crippen molar-refractivity contribution in [3.8, 4) is 0 Å². The summed E-state index contributed by atoms with van der Waals surface area (Å²) < 4.78 is 0. The quantitative estimate of drug-likeness (QED) is 0.590. The van der Waals surface area contributed by atoms with Crippen LogP contribution in [0.4, 0.5) is 0 Å². The number of nitrogens with zero attached hydrogens (tertiary/aromatic N) is 1. The topological polar surface area (TPSA) is 77.6 Å². The number of amides is 1. The number of aromatic amines is 1. The highest BCUT2D eigenvalue weighted by Gasteiger charge is 2.18. The lowest BCUT2D eigenvalue weighted by atomic mass is 9.98. The van der Waals surface area contributed by atoms with Gasteiger partial charge >= 0.3 is 0 Å². The molecule has 1 aromatic heterocycles. The molecule has 0 saturated heterocycles. The van der Waals surface area contributed by atoms with Crippen molar-refractivity contribution in [2.75, 3.05) is 6.54 Å². The highest BCUT2D eigenvalue weighted by molar-refractivity contribution is 5.93. The van der Waals surface area contributed by atoms with E-state index in [1.54, 1.807) is 11.5 Å². The summed E-state index contributed by atoms with van der Waals surface area (Å²) in [5.41, 5.74) is 5.42. The Hall–Kier alpha value is -2.15. The molecular weight excluding hydrogens is 270 g/mol. The molecule has 21 heavy (non-hydrogen) atoms. The molecule has 0 bridgehead atoms. The van der Waals surface area contributed by atoms with E-state index in [0.717, 1.165) is 29.8 Å². The normalized spacial score (nSPS) is 14.7. The molecule has 0 aliphatic carbocycles. The molecular formula is C15H17N3O3. The van der Waals surface area contributed by atoms with Gasteiger partial charge in [0.1, 0.15) is 6.61 Å². The van der Waals surface area contributed by atoms with Gasteiger partial charge in [-0.25, -0.2) is 5.48 Å². The molecule has 0 saturated carbocycles. The molecule has 1 aliphatic rings. The Morgan fingerprint density at radius 1 is 1.38 bits per heavy atom. The maximum Gasteiger partial charge on any atom is 0.274 e. The second kappa shape index (κ2) is 6.09. The van der Waals surface area contributed by atoms with E-state index in [0.29, 0.717) is 18.7 Å². The zero-order chi connectivity index (χ0) is 14.7. The number of hydrogen-bond acceptors (Lipinski definition) is 4. The molecule has 2 aromatic rings. The van der Waals surface area contributed by atoms with Gasteiger partial charge in [-0.1, -0.05) is 6.07 Å². The molecule has 3 rings (SSSR count). The van der Waals surface area contributed by atoms with Crippen LogP contribution in [0, 0.1) is 0 Å². The highest BCUT2D eigenvalue weighted by Crippen LogP contribution is 2.21. The molecule has 0 radical (unpaired) electrons. The Bertz CT molecular complexity index is 625. The standard InChI is InChI=1S/C15H17N3O3/c19-15(17-20)12-3-4-13-9-18(7-5-11(13)8-12)21-10-14-2-1-6-16-14/h1-4,6,8,16,20H,5,7,9-10H2,(H,17,19). The smallest absolute Gasteiger partial charge is 0.274 e. The summed E-state index contributed by atoms with van der Waals surface area (Å²) in [7, 11) is 0. The first-order valence-corrected chi connectivity index (χ1v) is 6.82. The fourth-order valence-electron chi connectivity index (χ4n) is 2.46. The number of fused-ring (bicyclic) bond motifs is 1. The van der Waals surface area contributed by atoms with Crippen molar-refractivity contribution in [2.24, 2.45) is 0 Å². The van der Waals surface area contributed by atoms with Crippen LogP contribution in [0.15, 0.2) is 36.5 Å². The number of aromatic nitrogens is 1. The van der Waals surface area contributed by atoms with E-state index in [9.17, 15) is 4.79 Å². The van der Waals surface area contributed by atoms with Crippen molar-refractivity contribution in [2.45, 2.75) is 19.6 Å². The van der Waals surface area contributed by atoms with Gasteiger partial charge in [-0.05, 0) is 41.8 Å². The summed E-state index contributed by atoms with van der Waals surface area (Å²) in [4.78, 5) is 20.3. The molecule has 3 N–H and O–H groups in total. The number of H-pyrrole nitrogens is 1. The van der Waals surface area contributed by atoms with Gasteiger partial charge in [-0.3, -0.25) is 14.8 Å². The molecule has 6 nitrogen and oxygen atoms in total. The van der Waals surface area contributed by atoms with Crippen LogP contribution < -0.4 is 5.48 Å². The van der Waals surface area contributed by atoms with Crippen molar-refractivity contribution in [3.05, 3.63) is 58.9 Å². The molecule has 110 valence electrons. The van der Waals surface area contributed by atoms with Gasteiger partial charge in [0.05, 0.1) is 0 Å². The molecule has 1 aromatic carbocycles. The van der Waals surface area contributed by atoms with Gasteiger partial charge in [-0.2, -0.15) is 5.06 Å². The minimum atomic E-state index is -0.483. The summed E-state index contributed by atoms with van der Waals surface area (Å²) in [5, 5.41) is 10.6. The van der Waals surface area contributed by atoms with Gasteiger partial charge < -0.3 is 4.98 Å². The Balaban J connectivity index is 1.64. The molecule has 1 amide bonds. The van der Waals surface area contributed by atoms with E-state index in [1.807, 2.05) is 35.5 Å². The summed E-state index contributed by atoms with van der Waals surface area (Å²) in [6, 6.07) is 9.36. The second-order valence-electron chi connectivity index (χ2n) is 5.01. The average molecular weight is 287 g/mol. The number of carbonyl (C=O) groups is 1. The van der Waals surface area contributed by atoms with Crippen LogP contribution in [-0.2, 0) is 24.4 Å². The van der Waals surface area contributed by atoms with Gasteiger partial charge in [0.15, 0.2) is 0 Å². The van der Waals surface area contributed by atoms with Crippen LogP contribution in [0.1, 0.15) is 27.2 Å². The number of benzene rings is 1. The lowest BCUT2D eigenvalue weighted by molar-refractivity contribution is -0.180. The monoisotopic (exact) mass is 287 g/mol. The Labute approximate surface area is 122 Å². The SMILES string of the molecule is O=C(NO)c1ccc2c(c1)CCN(OCc1ccc[nH]1)C2. The van der Waals surface area contributed by atoms with Gasteiger partial charge in [-0.15, -0.1) is 0 Å². The summed E-state index contributed by atoms with van der Waals surface area (Å²) in [6.07, 6.45) is 2.69. The minimum absolute atomic E-state index is 0.469. The van der Waals surface area contributed by atoms with Crippen LogP contribution in [-0.4, -0.2) is 27.7 Å². The van der Waals surface area contributed by atoms with Gasteiger partial charge in [0.2, 0.25) is 0 Å². The largest absolute Gasteiger partial charge is 0.363 e. The zero-order valence-electron chi connectivity index (χ0n) is 11.5. The molecule has 1 aliphatic heterocycles. The number of rotatable bonds is 4. The van der Waals surface area contributed by atoms with Crippen molar-refractivity contribution >= 4 is 5.91 Å². The van der Waals surface area contributed by atoms with E-state index in [1.165, 1.54) is 0 Å². The van der Waals surface area contributed by atoms with Crippen molar-refractivity contribution in [1.29, 1.82) is 0 Å². The second-order valence-corrected chi connectivity index (χ2v) is 5.01. The molecule has 2 heterocycles. The van der Waals surface area contributed by atoms with Gasteiger partial charge in [0.25, 0.3) is 5.91 Å². The lowest BCUT2D eigenvalue weighted by Gasteiger charge is -2.28. The highest BCUT2D eigenvalue weighted by atomic mass is 16.7. The summed E-state index contributed by atoms with van der Waals surface area (Å²) in [6.45, 7) is 1.99. The van der Waals surface area contributed by atoms with E-state index in [2.05, 4.69) is 4.98 Å². The average Bonchev–Trinajstić information content (AvgIpc) is 3.05. The van der Waals surface area contributed by atoms with E-state index >= 15 is 0 Å². The maximum atomic E-state index is 11.4. The first-order valence-electron chi connectivity index (χ1n) is 6.82. The first-order chi connectivity index (χ1) is 10.3. The number of carbonyl (C=O) groups excluding carboxylic acids is 1. The summed E-state index contributed by atoms with van der Waals surface area (Å²) >= 11 is 0. The molecule has 0 atom stereocenters. The zero-order valence-corrected chi connectivity index (χ0v) is 11.5. The third kappa shape index (κ3) is 3.13. The third-order valence-corrected chi connectivity index (χ3v) is 3.61. The predicted octanol–water partition coefficient (Wildman–Crippen LogP) is 1.62. The molecule has 0 unspecified atom stereocenters. The fourth-order valence-corrected chi connectivity index (χ4v) is 2.46. The van der Waals surface area contributed by atoms with E-state index in [4.69, 9.17) is 10.0 Å². The lowest BCUT2D eigenvalue weighted by Crippen LogP contribution is -2.31. The Kier molecular flexibility index (Phi) is 4.01. The van der Waals surface area contributed by atoms with E-state index < -0.39 is 5.91 Å². The van der Waals surface area contributed by atoms with Gasteiger partial charge in [0, 0.05) is 30.5 Å². The molecule has 0 spiro atoms. The van der Waals surface area contributed by atoms with Crippen LogP contribution in [0.3, 0.4) is 0 Å². The Morgan fingerprint density at radius 2 is 2.29 bits per heavy atom. The predicted molar refractivity (Wildman–Crippen MR) is 75.4 cm³/mol. The fraction of sp³-hybridized carbons (Fsp3) is 0.267. The summed E-state index contributed by atoms with van der Waals surface area (Å²) in [5.74, 6) is -0.483. The van der Waals surface area contributed by atoms with Crippen molar-refractivity contribution in [3.63, 3.8) is 0 Å². The minimum Gasteiger partial charge on any atom is -0.363 e. The maximum absolute atomic E-state index is 11.4. The first kappa shape index (κ1) is 13.8. The van der Waals surface area contributed by atoms with Crippen LogP contribution in [0.25, 0.3) is 0 Å². The van der Waals surface area contributed by atoms with Crippen LogP contribution >= 0.6 is 0 Å². The molecule has 6 heteroatoms. The number of hydroxylamine groups is 3. The van der Waals surface area contributed by atoms with Crippen molar-refractivity contribution < 1.29 is 14.8 Å². The van der Waals surface area contributed by atoms with Crippen molar-refractivity contribution in [1.82, 2.24) is 15.5 Å². The number of nitrogens with one attached hydrogen (secondary N) is 2. The molecule has 0 fully saturated rings. The third-order valence-electron chi connectivity index (χ3n) is 3.61.